The summed E-state index contributed by atoms with van der Waals surface area (Å²) in [5.41, 5.74) is 8.61. The number of allylic oxidation sites excluding steroid dienone is 1. The van der Waals surface area contributed by atoms with Crippen molar-refractivity contribution in [2.45, 2.75) is 18.9 Å². The first kappa shape index (κ1) is 24.7. The highest BCUT2D eigenvalue weighted by Crippen LogP contribution is 2.23. The van der Waals surface area contributed by atoms with Crippen molar-refractivity contribution in [2.24, 2.45) is 10.7 Å². The van der Waals surface area contributed by atoms with Crippen LogP contribution in [0.3, 0.4) is 0 Å². The van der Waals surface area contributed by atoms with Gasteiger partial charge in [0.25, 0.3) is 5.88 Å². The highest BCUT2D eigenvalue weighted by Gasteiger charge is 2.27. The number of ketones is 1. The van der Waals surface area contributed by atoms with E-state index < -0.39 is 0 Å². The normalized spacial score (nSPS) is 18.2. The summed E-state index contributed by atoms with van der Waals surface area (Å²) < 4.78 is 11.6. The topological polar surface area (TPSA) is 109 Å². The van der Waals surface area contributed by atoms with E-state index >= 15 is 0 Å². The number of likely N-dealkylation sites (tertiary alicyclic amines) is 1. The summed E-state index contributed by atoms with van der Waals surface area (Å²) in [6, 6.07) is 15.0. The fourth-order valence-corrected chi connectivity index (χ4v) is 4.80. The van der Waals surface area contributed by atoms with Crippen molar-refractivity contribution < 1.29 is 14.3 Å². The summed E-state index contributed by atoms with van der Waals surface area (Å²) in [5, 5.41) is 0. The Bertz CT molecular complexity index is 1270. The molecule has 3 heterocycles. The molecule has 5 rings (SSSR count). The number of H-pyrrole nitrogens is 1. The van der Waals surface area contributed by atoms with Crippen LogP contribution in [0, 0.1) is 0 Å². The number of morpholine rings is 1. The number of benzene rings is 2. The molecule has 2 aromatic carbocycles. The van der Waals surface area contributed by atoms with E-state index in [4.69, 9.17) is 15.2 Å². The molecular formula is C28H32N6O3. The minimum atomic E-state index is -0.189. The Balaban J connectivity index is 1.27. The average molecular weight is 501 g/mol. The number of para-hydroxylation sites is 2. The van der Waals surface area contributed by atoms with Crippen molar-refractivity contribution in [1.29, 1.82) is 0 Å². The van der Waals surface area contributed by atoms with Crippen molar-refractivity contribution in [2.75, 3.05) is 39.4 Å². The Labute approximate surface area is 216 Å². The lowest BCUT2D eigenvalue weighted by atomic mass is 10.0. The van der Waals surface area contributed by atoms with Gasteiger partial charge in [0.2, 0.25) is 5.78 Å². The van der Waals surface area contributed by atoms with Gasteiger partial charge in [-0.1, -0.05) is 24.8 Å². The smallest absolute Gasteiger partial charge is 0.260 e. The number of aromatic nitrogens is 2. The second-order valence-corrected chi connectivity index (χ2v) is 9.13. The van der Waals surface area contributed by atoms with Gasteiger partial charge < -0.3 is 25.1 Å². The van der Waals surface area contributed by atoms with Crippen molar-refractivity contribution in [3.05, 3.63) is 84.3 Å². The average Bonchev–Trinajstić information content (AvgIpc) is 3.40. The number of fused-ring (bicyclic) bond motifs is 1. The molecule has 0 amide bonds. The minimum Gasteiger partial charge on any atom is -0.436 e. The number of nitrogens with one attached hydrogen (secondary N) is 1. The van der Waals surface area contributed by atoms with Crippen LogP contribution in [0.25, 0.3) is 11.0 Å². The molecule has 0 spiro atoms. The molecule has 37 heavy (non-hydrogen) atoms. The zero-order valence-electron chi connectivity index (χ0n) is 20.8. The number of aromatic amines is 1. The number of ether oxygens (including phenoxy) is 2. The second kappa shape index (κ2) is 11.4. The molecule has 0 saturated carbocycles. The van der Waals surface area contributed by atoms with Crippen LogP contribution in [0.1, 0.15) is 29.0 Å². The van der Waals surface area contributed by atoms with Crippen LogP contribution in [0.15, 0.2) is 77.9 Å². The van der Waals surface area contributed by atoms with Crippen LogP contribution in [0.5, 0.6) is 5.75 Å². The summed E-state index contributed by atoms with van der Waals surface area (Å²) in [6.07, 6.45) is 5.19. The Hall–Kier alpha value is -3.95. The summed E-state index contributed by atoms with van der Waals surface area (Å²) >= 11 is 0. The molecule has 192 valence electrons. The zero-order chi connectivity index (χ0) is 25.6. The number of nitrogens with zero attached hydrogens (tertiary/aromatic N) is 4. The van der Waals surface area contributed by atoms with Gasteiger partial charge in [-0.2, -0.15) is 0 Å². The molecule has 0 unspecified atom stereocenters. The monoisotopic (exact) mass is 500 g/mol. The molecule has 1 aromatic heterocycles. The first-order valence-electron chi connectivity index (χ1n) is 12.6. The van der Waals surface area contributed by atoms with Crippen molar-refractivity contribution in [1.82, 2.24) is 19.8 Å². The Morgan fingerprint density at radius 2 is 1.84 bits per heavy atom. The second-order valence-electron chi connectivity index (χ2n) is 9.13. The van der Waals surface area contributed by atoms with Crippen LogP contribution in [-0.2, 0) is 4.74 Å². The third kappa shape index (κ3) is 5.73. The number of carbonyl (C=O) groups excluding carboxylic acids is 1. The van der Waals surface area contributed by atoms with E-state index in [1.54, 1.807) is 36.6 Å². The van der Waals surface area contributed by atoms with E-state index in [-0.39, 0.29) is 5.78 Å². The SMILES string of the molecule is C=CC=N/C(Oc1ccc(C(=O)c2nc3ccccc3[nH]2)cc1)=C(\N)N1CCC(N2CCOCC2)CC1. The molecular weight excluding hydrogens is 468 g/mol. The van der Waals surface area contributed by atoms with Crippen LogP contribution in [0.4, 0.5) is 0 Å². The molecule has 9 heteroatoms. The van der Waals surface area contributed by atoms with Gasteiger partial charge in [-0.3, -0.25) is 9.69 Å². The van der Waals surface area contributed by atoms with Crippen LogP contribution >= 0.6 is 0 Å². The molecule has 2 aliphatic rings. The summed E-state index contributed by atoms with van der Waals surface area (Å²) in [5.74, 6) is 1.44. The standard InChI is InChI=1S/C28H32N6O3/c1-2-13-30-28(26(29)34-14-11-21(12-15-34)33-16-18-36-19-17-33)37-22-9-7-20(8-10-22)25(35)27-31-23-5-3-4-6-24(23)32-27/h2-10,13,21H,1,11-12,14-19,29H2,(H,31,32)/b28-26-,30-13?. The summed E-state index contributed by atoms with van der Waals surface area (Å²) in [6.45, 7) is 8.95. The number of piperidine rings is 1. The van der Waals surface area contributed by atoms with Crippen molar-refractivity contribution >= 4 is 23.0 Å². The maximum atomic E-state index is 12.9. The molecule has 2 aliphatic heterocycles. The first-order chi connectivity index (χ1) is 18.1. The number of aliphatic imine (C=N–C) groups is 1. The molecule has 0 radical (unpaired) electrons. The number of hydrogen-bond acceptors (Lipinski definition) is 8. The van der Waals surface area contributed by atoms with E-state index in [0.717, 1.165) is 63.3 Å². The van der Waals surface area contributed by atoms with Gasteiger partial charge in [0, 0.05) is 44.0 Å². The highest BCUT2D eigenvalue weighted by atomic mass is 16.5. The molecule has 0 bridgehead atoms. The van der Waals surface area contributed by atoms with Gasteiger partial charge in [0.05, 0.1) is 24.2 Å². The third-order valence-corrected chi connectivity index (χ3v) is 6.82. The van der Waals surface area contributed by atoms with E-state index in [1.807, 2.05) is 24.3 Å². The van der Waals surface area contributed by atoms with Crippen molar-refractivity contribution in [3.63, 3.8) is 0 Å². The maximum Gasteiger partial charge on any atom is 0.260 e. The van der Waals surface area contributed by atoms with Gasteiger partial charge in [0.1, 0.15) is 5.75 Å². The van der Waals surface area contributed by atoms with E-state index in [2.05, 4.69) is 31.3 Å². The van der Waals surface area contributed by atoms with Crippen LogP contribution in [-0.4, -0.2) is 77.2 Å². The lowest BCUT2D eigenvalue weighted by molar-refractivity contribution is 0.00308. The summed E-state index contributed by atoms with van der Waals surface area (Å²) in [7, 11) is 0. The van der Waals surface area contributed by atoms with E-state index in [0.29, 0.717) is 34.9 Å². The molecule has 3 aromatic rings. The van der Waals surface area contributed by atoms with Crippen LogP contribution < -0.4 is 10.5 Å². The maximum absolute atomic E-state index is 12.9. The number of rotatable bonds is 8. The molecule has 9 nitrogen and oxygen atoms in total. The predicted octanol–water partition coefficient (Wildman–Crippen LogP) is 3.31. The highest BCUT2D eigenvalue weighted by molar-refractivity contribution is 6.08. The van der Waals surface area contributed by atoms with E-state index in [9.17, 15) is 4.79 Å². The number of hydrogen-bond donors (Lipinski definition) is 2. The Kier molecular flexibility index (Phi) is 7.62. The predicted molar refractivity (Wildman–Crippen MR) is 143 cm³/mol. The fraction of sp³-hybridized carbons (Fsp3) is 0.321. The van der Waals surface area contributed by atoms with Gasteiger partial charge in [0.15, 0.2) is 11.6 Å². The largest absolute Gasteiger partial charge is 0.436 e. The third-order valence-electron chi connectivity index (χ3n) is 6.82. The molecule has 0 aliphatic carbocycles. The van der Waals surface area contributed by atoms with Gasteiger partial charge in [-0.25, -0.2) is 9.98 Å². The van der Waals surface area contributed by atoms with Gasteiger partial charge >= 0.3 is 0 Å². The molecule has 2 saturated heterocycles. The lowest BCUT2D eigenvalue weighted by Gasteiger charge is -2.40. The zero-order valence-corrected chi connectivity index (χ0v) is 20.8. The molecule has 2 fully saturated rings. The van der Waals surface area contributed by atoms with Crippen LogP contribution in [0.2, 0.25) is 0 Å². The van der Waals surface area contributed by atoms with E-state index in [1.165, 1.54) is 0 Å². The number of nitrogens with two attached hydrogens (primary N) is 1. The number of carbonyl (C=O) groups is 1. The fourth-order valence-electron chi connectivity index (χ4n) is 4.80. The minimum absolute atomic E-state index is 0.189. The quantitative estimate of drug-likeness (QED) is 0.277. The Morgan fingerprint density at radius 1 is 1.11 bits per heavy atom. The Morgan fingerprint density at radius 3 is 2.54 bits per heavy atom. The molecule has 3 N–H and O–H groups in total. The first-order valence-corrected chi connectivity index (χ1v) is 12.6. The number of imidazole rings is 1. The van der Waals surface area contributed by atoms with Gasteiger partial charge in [-0.05, 0) is 49.2 Å². The lowest BCUT2D eigenvalue weighted by Crippen LogP contribution is -2.49. The molecule has 0 atom stereocenters. The van der Waals surface area contributed by atoms with Gasteiger partial charge in [-0.15, -0.1) is 0 Å². The summed E-state index contributed by atoms with van der Waals surface area (Å²) in [4.78, 5) is 29.4. The van der Waals surface area contributed by atoms with Crippen molar-refractivity contribution in [3.8, 4) is 5.75 Å².